The van der Waals surface area contributed by atoms with Crippen LogP contribution in [0.4, 0.5) is 0 Å². The molecule has 0 aromatic heterocycles. The predicted octanol–water partition coefficient (Wildman–Crippen LogP) is 1.48. The fraction of sp³-hybridized carbons (Fsp3) is 0.857. The average molecular weight is 196 g/mol. The first-order valence-corrected chi connectivity index (χ1v) is 5.19. The zero-order chi connectivity index (χ0) is 8.69. The van der Waals surface area contributed by atoms with Crippen molar-refractivity contribution in [2.45, 2.75) is 19.1 Å². The third-order valence-electron chi connectivity index (χ3n) is 0.997. The Kier molecular flexibility index (Phi) is 6.87. The minimum atomic E-state index is -0.0870. The standard InChI is InChI=1S/C7H14ClNOS/c1-6(2)11-4-3-9-7(10)5-8/h6H,3-5H2,1-2H3,(H,9,10). The summed E-state index contributed by atoms with van der Waals surface area (Å²) in [5, 5.41) is 3.32. The lowest BCUT2D eigenvalue weighted by Gasteiger charge is -2.04. The van der Waals surface area contributed by atoms with E-state index in [9.17, 15) is 4.79 Å². The van der Waals surface area contributed by atoms with Crippen molar-refractivity contribution in [3.05, 3.63) is 0 Å². The Morgan fingerprint density at radius 1 is 1.64 bits per heavy atom. The van der Waals surface area contributed by atoms with Crippen molar-refractivity contribution in [1.29, 1.82) is 0 Å². The number of nitrogens with one attached hydrogen (secondary N) is 1. The maximum absolute atomic E-state index is 10.6. The highest BCUT2D eigenvalue weighted by Crippen LogP contribution is 2.06. The molecule has 0 aromatic rings. The second-order valence-corrected chi connectivity index (χ2v) is 4.35. The van der Waals surface area contributed by atoms with Crippen LogP contribution in [0, 0.1) is 0 Å². The van der Waals surface area contributed by atoms with E-state index < -0.39 is 0 Å². The Hall–Kier alpha value is 0.110. The van der Waals surface area contributed by atoms with Gasteiger partial charge in [-0.25, -0.2) is 0 Å². The van der Waals surface area contributed by atoms with Gasteiger partial charge in [-0.2, -0.15) is 11.8 Å². The highest BCUT2D eigenvalue weighted by molar-refractivity contribution is 7.99. The first-order chi connectivity index (χ1) is 5.16. The summed E-state index contributed by atoms with van der Waals surface area (Å²) in [7, 11) is 0. The lowest BCUT2D eigenvalue weighted by Crippen LogP contribution is -2.26. The van der Waals surface area contributed by atoms with E-state index >= 15 is 0 Å². The number of alkyl halides is 1. The lowest BCUT2D eigenvalue weighted by atomic mass is 10.6. The van der Waals surface area contributed by atoms with E-state index in [1.807, 2.05) is 11.8 Å². The van der Waals surface area contributed by atoms with Gasteiger partial charge < -0.3 is 5.32 Å². The quantitative estimate of drug-likeness (QED) is 0.532. The number of carbonyl (C=O) groups is 1. The number of halogens is 1. The molecule has 0 spiro atoms. The van der Waals surface area contributed by atoms with E-state index in [-0.39, 0.29) is 11.8 Å². The van der Waals surface area contributed by atoms with Crippen LogP contribution in [0.5, 0.6) is 0 Å². The van der Waals surface area contributed by atoms with E-state index in [1.54, 1.807) is 0 Å². The summed E-state index contributed by atoms with van der Waals surface area (Å²) in [4.78, 5) is 10.6. The van der Waals surface area contributed by atoms with E-state index in [0.717, 1.165) is 5.75 Å². The summed E-state index contributed by atoms with van der Waals surface area (Å²) in [6.45, 7) is 4.98. The molecule has 4 heteroatoms. The van der Waals surface area contributed by atoms with Crippen LogP contribution in [0.1, 0.15) is 13.8 Å². The van der Waals surface area contributed by atoms with Gasteiger partial charge in [0.15, 0.2) is 0 Å². The van der Waals surface area contributed by atoms with Crippen LogP contribution >= 0.6 is 23.4 Å². The number of hydrogen-bond acceptors (Lipinski definition) is 2. The highest BCUT2D eigenvalue weighted by atomic mass is 35.5. The molecule has 0 bridgehead atoms. The Morgan fingerprint density at radius 3 is 2.73 bits per heavy atom. The van der Waals surface area contributed by atoms with Gasteiger partial charge in [0.05, 0.1) is 0 Å². The lowest BCUT2D eigenvalue weighted by molar-refractivity contribution is -0.118. The molecule has 0 heterocycles. The van der Waals surface area contributed by atoms with Crippen LogP contribution in [0.2, 0.25) is 0 Å². The van der Waals surface area contributed by atoms with Gasteiger partial charge in [-0.15, -0.1) is 11.6 Å². The second-order valence-electron chi connectivity index (χ2n) is 2.40. The summed E-state index contributed by atoms with van der Waals surface area (Å²) in [5.74, 6) is 0.933. The van der Waals surface area contributed by atoms with Crippen LogP contribution in [0.15, 0.2) is 0 Å². The van der Waals surface area contributed by atoms with Crippen LogP contribution in [0.25, 0.3) is 0 Å². The van der Waals surface area contributed by atoms with Gasteiger partial charge in [0.1, 0.15) is 5.88 Å². The fourth-order valence-corrected chi connectivity index (χ4v) is 1.32. The number of thioether (sulfide) groups is 1. The van der Waals surface area contributed by atoms with E-state index in [0.29, 0.717) is 11.8 Å². The van der Waals surface area contributed by atoms with Gasteiger partial charge in [0.25, 0.3) is 0 Å². The first kappa shape index (κ1) is 11.1. The number of amides is 1. The number of rotatable bonds is 5. The van der Waals surface area contributed by atoms with Crippen molar-refractivity contribution in [2.75, 3.05) is 18.2 Å². The maximum Gasteiger partial charge on any atom is 0.234 e. The van der Waals surface area contributed by atoms with Gasteiger partial charge in [-0.1, -0.05) is 13.8 Å². The van der Waals surface area contributed by atoms with Crippen LogP contribution in [-0.2, 0) is 4.79 Å². The highest BCUT2D eigenvalue weighted by Gasteiger charge is 1.97. The van der Waals surface area contributed by atoms with Gasteiger partial charge in [0, 0.05) is 12.3 Å². The SMILES string of the molecule is CC(C)SCCNC(=O)CCl. The zero-order valence-corrected chi connectivity index (χ0v) is 8.47. The fourth-order valence-electron chi connectivity index (χ4n) is 0.532. The van der Waals surface area contributed by atoms with Crippen molar-refractivity contribution in [3.63, 3.8) is 0 Å². The van der Waals surface area contributed by atoms with Crippen molar-refractivity contribution in [2.24, 2.45) is 0 Å². The molecule has 11 heavy (non-hydrogen) atoms. The first-order valence-electron chi connectivity index (χ1n) is 3.61. The molecular weight excluding hydrogens is 182 g/mol. The number of hydrogen-bond donors (Lipinski definition) is 1. The summed E-state index contributed by atoms with van der Waals surface area (Å²) in [6.07, 6.45) is 0. The number of carbonyl (C=O) groups excluding carboxylic acids is 1. The Balaban J connectivity index is 3.08. The molecule has 1 amide bonds. The molecular formula is C7H14ClNOS. The Bertz CT molecular complexity index is 119. The Morgan fingerprint density at radius 2 is 2.27 bits per heavy atom. The van der Waals surface area contributed by atoms with Crippen molar-refractivity contribution >= 4 is 29.3 Å². The van der Waals surface area contributed by atoms with Gasteiger partial charge in [-0.3, -0.25) is 4.79 Å². The molecule has 0 aliphatic carbocycles. The molecule has 0 atom stereocenters. The zero-order valence-electron chi connectivity index (χ0n) is 6.89. The molecule has 66 valence electrons. The minimum absolute atomic E-state index is 0.0619. The molecule has 0 unspecified atom stereocenters. The van der Waals surface area contributed by atoms with E-state index in [1.165, 1.54) is 0 Å². The molecule has 1 N–H and O–H groups in total. The monoisotopic (exact) mass is 195 g/mol. The largest absolute Gasteiger partial charge is 0.354 e. The third kappa shape index (κ3) is 8.01. The van der Waals surface area contributed by atoms with Gasteiger partial charge in [-0.05, 0) is 5.25 Å². The normalized spacial score (nSPS) is 10.2. The molecule has 0 fully saturated rings. The van der Waals surface area contributed by atoms with Crippen molar-refractivity contribution in [1.82, 2.24) is 5.32 Å². The van der Waals surface area contributed by atoms with Crippen LogP contribution in [0.3, 0.4) is 0 Å². The van der Waals surface area contributed by atoms with Gasteiger partial charge >= 0.3 is 0 Å². The second kappa shape index (κ2) is 6.80. The molecule has 0 aliphatic rings. The average Bonchev–Trinajstić information content (AvgIpc) is 1.97. The van der Waals surface area contributed by atoms with Crippen LogP contribution < -0.4 is 5.32 Å². The summed E-state index contributed by atoms with van der Waals surface area (Å²) in [6, 6.07) is 0. The molecule has 0 rings (SSSR count). The summed E-state index contributed by atoms with van der Waals surface area (Å²) >= 11 is 7.10. The van der Waals surface area contributed by atoms with Gasteiger partial charge in [0.2, 0.25) is 5.91 Å². The Labute approximate surface area is 77.1 Å². The summed E-state index contributed by atoms with van der Waals surface area (Å²) < 4.78 is 0. The smallest absolute Gasteiger partial charge is 0.234 e. The molecule has 2 nitrogen and oxygen atoms in total. The van der Waals surface area contributed by atoms with Crippen LogP contribution in [-0.4, -0.2) is 29.3 Å². The topological polar surface area (TPSA) is 29.1 Å². The third-order valence-corrected chi connectivity index (χ3v) is 2.35. The molecule has 0 aromatic carbocycles. The summed E-state index contributed by atoms with van der Waals surface area (Å²) in [5.41, 5.74) is 0. The molecule has 0 saturated carbocycles. The van der Waals surface area contributed by atoms with Crippen molar-refractivity contribution in [3.8, 4) is 0 Å². The minimum Gasteiger partial charge on any atom is -0.354 e. The maximum atomic E-state index is 10.6. The van der Waals surface area contributed by atoms with E-state index in [4.69, 9.17) is 11.6 Å². The molecule has 0 saturated heterocycles. The van der Waals surface area contributed by atoms with E-state index in [2.05, 4.69) is 19.2 Å². The molecule has 0 aliphatic heterocycles. The van der Waals surface area contributed by atoms with Crippen molar-refractivity contribution < 1.29 is 4.79 Å². The predicted molar refractivity (Wildman–Crippen MR) is 51.3 cm³/mol. The molecule has 0 radical (unpaired) electrons.